The van der Waals surface area contributed by atoms with Crippen LogP contribution in [0, 0.1) is 6.92 Å². The van der Waals surface area contributed by atoms with Crippen molar-refractivity contribution in [2.75, 3.05) is 7.05 Å². The molecule has 0 saturated carbocycles. The lowest BCUT2D eigenvalue weighted by Crippen LogP contribution is -2.28. The van der Waals surface area contributed by atoms with Crippen LogP contribution in [0.25, 0.3) is 0 Å². The van der Waals surface area contributed by atoms with Crippen LogP contribution >= 0.6 is 0 Å². The van der Waals surface area contributed by atoms with E-state index in [0.29, 0.717) is 0 Å². The molecule has 0 atom stereocenters. The second kappa shape index (κ2) is 3.89. The minimum Gasteiger partial charge on any atom is -0.368 e. The number of amides is 1. The number of nitrogens with zero attached hydrogens (tertiary/aromatic N) is 2. The summed E-state index contributed by atoms with van der Waals surface area (Å²) in [5, 5.41) is 0. The van der Waals surface area contributed by atoms with Gasteiger partial charge in [-0.1, -0.05) is 6.07 Å². The van der Waals surface area contributed by atoms with Crippen LogP contribution in [-0.4, -0.2) is 17.5 Å². The second-order valence-corrected chi connectivity index (χ2v) is 2.88. The van der Waals surface area contributed by atoms with Crippen molar-refractivity contribution < 1.29 is 4.79 Å². The van der Waals surface area contributed by atoms with Gasteiger partial charge in [-0.3, -0.25) is 9.79 Å². The number of carbonyl (C=O) groups is 1. The number of hydrogen-bond donors (Lipinski definition) is 1. The Labute approximate surface area is 76.7 Å². The van der Waals surface area contributed by atoms with Crippen molar-refractivity contribution in [1.29, 1.82) is 0 Å². The number of rotatable bonds is 2. The van der Waals surface area contributed by atoms with Crippen LogP contribution in [-0.2, 0) is 11.3 Å². The van der Waals surface area contributed by atoms with Gasteiger partial charge in [-0.25, -0.2) is 0 Å². The lowest BCUT2D eigenvalue weighted by Gasteiger charge is -2.05. The molecule has 0 radical (unpaired) electrons. The molecule has 0 aromatic carbocycles. The quantitative estimate of drug-likeness (QED) is 0.672. The molecule has 1 heterocycles. The molecule has 1 amide bonds. The number of primary amides is 1. The highest BCUT2D eigenvalue weighted by Gasteiger charge is 1.97. The Balaban J connectivity index is 3.17. The first-order valence-electron chi connectivity index (χ1n) is 4.01. The van der Waals surface area contributed by atoms with E-state index in [9.17, 15) is 4.79 Å². The average Bonchev–Trinajstić information content (AvgIpc) is 2.03. The Bertz CT molecular complexity index is 379. The molecule has 0 aliphatic heterocycles. The number of carbonyl (C=O) groups excluding carboxylic acids is 1. The van der Waals surface area contributed by atoms with E-state index in [-0.39, 0.29) is 12.5 Å². The van der Waals surface area contributed by atoms with Gasteiger partial charge in [-0.05, 0) is 18.6 Å². The van der Waals surface area contributed by atoms with Gasteiger partial charge in [0, 0.05) is 13.2 Å². The van der Waals surface area contributed by atoms with Crippen LogP contribution < -0.4 is 11.2 Å². The molecule has 0 aliphatic carbocycles. The molecule has 0 unspecified atom stereocenters. The van der Waals surface area contributed by atoms with Gasteiger partial charge in [0.15, 0.2) is 0 Å². The maximum atomic E-state index is 10.7. The van der Waals surface area contributed by atoms with Crippen molar-refractivity contribution in [1.82, 2.24) is 4.57 Å². The molecule has 0 spiro atoms. The third kappa shape index (κ3) is 2.43. The fourth-order valence-corrected chi connectivity index (χ4v) is 1.15. The molecular weight excluding hydrogens is 166 g/mol. The highest BCUT2D eigenvalue weighted by molar-refractivity contribution is 5.73. The Morgan fingerprint density at radius 3 is 2.85 bits per heavy atom. The van der Waals surface area contributed by atoms with E-state index in [1.54, 1.807) is 11.6 Å². The summed E-state index contributed by atoms with van der Waals surface area (Å²) in [7, 11) is 1.68. The summed E-state index contributed by atoms with van der Waals surface area (Å²) in [5.41, 5.74) is 6.93. The first-order chi connectivity index (χ1) is 6.13. The number of aromatic nitrogens is 1. The summed E-state index contributed by atoms with van der Waals surface area (Å²) in [6.07, 6.45) is 1.85. The van der Waals surface area contributed by atoms with Crippen LogP contribution in [0.15, 0.2) is 23.3 Å². The van der Waals surface area contributed by atoms with Gasteiger partial charge in [-0.15, -0.1) is 0 Å². The molecule has 0 saturated heterocycles. The van der Waals surface area contributed by atoms with E-state index in [4.69, 9.17) is 5.73 Å². The minimum absolute atomic E-state index is 0.175. The lowest BCUT2D eigenvalue weighted by atomic mass is 10.3. The molecule has 70 valence electrons. The third-order valence-corrected chi connectivity index (χ3v) is 1.70. The third-order valence-electron chi connectivity index (χ3n) is 1.70. The molecular formula is C9H13N3O. The van der Waals surface area contributed by atoms with Crippen molar-refractivity contribution in [2.45, 2.75) is 13.5 Å². The highest BCUT2D eigenvalue weighted by Crippen LogP contribution is 1.91. The molecule has 0 aliphatic rings. The van der Waals surface area contributed by atoms with Crippen molar-refractivity contribution >= 4 is 5.91 Å². The Kier molecular flexibility index (Phi) is 2.84. The molecule has 0 bridgehead atoms. The van der Waals surface area contributed by atoms with E-state index in [1.165, 1.54) is 0 Å². The summed E-state index contributed by atoms with van der Waals surface area (Å²) in [6, 6.07) is 3.80. The van der Waals surface area contributed by atoms with Gasteiger partial charge in [0.1, 0.15) is 12.0 Å². The summed E-state index contributed by atoms with van der Waals surface area (Å²) >= 11 is 0. The van der Waals surface area contributed by atoms with Gasteiger partial charge >= 0.3 is 0 Å². The van der Waals surface area contributed by atoms with Crippen molar-refractivity contribution in [3.05, 3.63) is 29.4 Å². The van der Waals surface area contributed by atoms with E-state index in [0.717, 1.165) is 11.1 Å². The van der Waals surface area contributed by atoms with E-state index in [1.807, 2.05) is 25.3 Å². The monoisotopic (exact) mass is 179 g/mol. The molecule has 1 rings (SSSR count). The van der Waals surface area contributed by atoms with Gasteiger partial charge < -0.3 is 10.3 Å². The molecule has 0 fully saturated rings. The summed E-state index contributed by atoms with van der Waals surface area (Å²) in [5.74, 6) is -0.361. The van der Waals surface area contributed by atoms with E-state index in [2.05, 4.69) is 4.99 Å². The summed E-state index contributed by atoms with van der Waals surface area (Å²) in [4.78, 5) is 14.7. The van der Waals surface area contributed by atoms with Crippen LogP contribution in [0.4, 0.5) is 0 Å². The zero-order valence-electron chi connectivity index (χ0n) is 7.82. The maximum absolute atomic E-state index is 10.7. The molecule has 1 aromatic heterocycles. The Morgan fingerprint density at radius 2 is 2.31 bits per heavy atom. The average molecular weight is 179 g/mol. The largest absolute Gasteiger partial charge is 0.368 e. The number of pyridine rings is 1. The van der Waals surface area contributed by atoms with Crippen LogP contribution in [0.3, 0.4) is 0 Å². The van der Waals surface area contributed by atoms with Crippen molar-refractivity contribution in [3.63, 3.8) is 0 Å². The summed E-state index contributed by atoms with van der Waals surface area (Å²) < 4.78 is 1.73. The first-order valence-corrected chi connectivity index (χ1v) is 4.01. The predicted octanol–water partition coefficient (Wildman–Crippen LogP) is -0.188. The standard InChI is InChI=1S/C9H13N3O/c1-7-3-4-9(11-2)12(5-7)6-8(10)13/h3-5H,6H2,1-2H3,(H2,10,13)/b11-9+. The number of aryl methyl sites for hydroxylation is 1. The van der Waals surface area contributed by atoms with Crippen molar-refractivity contribution in [3.8, 4) is 0 Å². The van der Waals surface area contributed by atoms with Crippen LogP contribution in [0.5, 0.6) is 0 Å². The summed E-state index contributed by atoms with van der Waals surface area (Å²) in [6.45, 7) is 2.13. The fraction of sp³-hybridized carbons (Fsp3) is 0.333. The molecule has 4 nitrogen and oxygen atoms in total. The number of hydrogen-bond acceptors (Lipinski definition) is 2. The fourth-order valence-electron chi connectivity index (χ4n) is 1.15. The first kappa shape index (κ1) is 9.51. The predicted molar refractivity (Wildman–Crippen MR) is 49.9 cm³/mol. The number of nitrogens with two attached hydrogens (primary N) is 1. The van der Waals surface area contributed by atoms with E-state index >= 15 is 0 Å². The van der Waals surface area contributed by atoms with Gasteiger partial charge in [-0.2, -0.15) is 0 Å². The normalized spacial score (nSPS) is 11.7. The van der Waals surface area contributed by atoms with Crippen molar-refractivity contribution in [2.24, 2.45) is 10.7 Å². The lowest BCUT2D eigenvalue weighted by molar-refractivity contribution is -0.118. The van der Waals surface area contributed by atoms with Gasteiger partial charge in [0.05, 0.1) is 0 Å². The van der Waals surface area contributed by atoms with Gasteiger partial charge in [0.2, 0.25) is 5.91 Å². The molecule has 13 heavy (non-hydrogen) atoms. The van der Waals surface area contributed by atoms with Crippen LogP contribution in [0.1, 0.15) is 5.56 Å². The maximum Gasteiger partial charge on any atom is 0.237 e. The Morgan fingerprint density at radius 1 is 1.62 bits per heavy atom. The SMILES string of the molecule is C/N=c1\ccc(C)cn1CC(N)=O. The zero-order valence-corrected chi connectivity index (χ0v) is 7.82. The molecule has 4 heteroatoms. The topological polar surface area (TPSA) is 60.4 Å². The van der Waals surface area contributed by atoms with Crippen LogP contribution in [0.2, 0.25) is 0 Å². The van der Waals surface area contributed by atoms with E-state index < -0.39 is 0 Å². The highest BCUT2D eigenvalue weighted by atomic mass is 16.1. The molecule has 2 N–H and O–H groups in total. The smallest absolute Gasteiger partial charge is 0.237 e. The molecule has 1 aromatic rings. The van der Waals surface area contributed by atoms with Gasteiger partial charge in [0.25, 0.3) is 0 Å². The zero-order chi connectivity index (χ0) is 9.84. The second-order valence-electron chi connectivity index (χ2n) is 2.88. The Hall–Kier alpha value is -1.58. The minimum atomic E-state index is -0.361.